The second kappa shape index (κ2) is 4.45. The smallest absolute Gasteiger partial charge is 0.508 e. The van der Waals surface area contributed by atoms with Crippen molar-refractivity contribution >= 4 is 11.0 Å². The van der Waals surface area contributed by atoms with E-state index in [9.17, 15) is 25.2 Å². The minimum Gasteiger partial charge on any atom is -0.508 e. The third-order valence-corrected chi connectivity index (χ3v) is 3.05. The fourth-order valence-electron chi connectivity index (χ4n) is 2.07. The molecule has 0 saturated carbocycles. The maximum Gasteiger partial charge on any atom is 1.00 e. The van der Waals surface area contributed by atoms with Crippen molar-refractivity contribution in [1.29, 1.82) is 0 Å². The molecule has 0 bridgehead atoms. The molecule has 0 aliphatic rings. The van der Waals surface area contributed by atoms with Gasteiger partial charge in [-0.15, -0.1) is 0 Å². The van der Waals surface area contributed by atoms with Gasteiger partial charge in [-0.1, -0.05) is 0 Å². The van der Waals surface area contributed by atoms with Crippen LogP contribution in [0.1, 0.15) is 1.43 Å². The second-order valence-electron chi connectivity index (χ2n) is 4.52. The molecule has 4 N–H and O–H groups in total. The van der Waals surface area contributed by atoms with Gasteiger partial charge in [0.05, 0.1) is 0 Å². The molecule has 0 unspecified atom stereocenters. The Morgan fingerprint density at radius 1 is 0.857 bits per heavy atom. The van der Waals surface area contributed by atoms with Gasteiger partial charge in [0, 0.05) is 23.8 Å². The van der Waals surface area contributed by atoms with Crippen LogP contribution < -0.4 is 5.43 Å². The first kappa shape index (κ1) is 12.9. The molecule has 106 valence electrons. The van der Waals surface area contributed by atoms with Crippen LogP contribution in [0.5, 0.6) is 23.0 Å². The lowest BCUT2D eigenvalue weighted by atomic mass is 10.1. The number of hydrogen-bond donors (Lipinski definition) is 4. The highest BCUT2D eigenvalue weighted by atomic mass is 16.3. The quantitative estimate of drug-likeness (QED) is 0.511. The highest BCUT2D eigenvalue weighted by Gasteiger charge is 2.13. The van der Waals surface area contributed by atoms with Gasteiger partial charge < -0.3 is 24.8 Å². The first-order valence-electron chi connectivity index (χ1n) is 5.98. The summed E-state index contributed by atoms with van der Waals surface area (Å²) in [6.45, 7) is 0. The zero-order valence-corrected chi connectivity index (χ0v) is 10.6. The van der Waals surface area contributed by atoms with E-state index in [1.807, 2.05) is 0 Å². The van der Waals surface area contributed by atoms with Crippen molar-refractivity contribution in [2.45, 2.75) is 0 Å². The molecule has 0 atom stereocenters. The second-order valence-corrected chi connectivity index (χ2v) is 4.52. The van der Waals surface area contributed by atoms with Gasteiger partial charge in [-0.05, 0) is 18.2 Å². The summed E-state index contributed by atoms with van der Waals surface area (Å²) in [6, 6.07) is 7.37. The van der Waals surface area contributed by atoms with Gasteiger partial charge in [0.25, 0.3) is 0 Å². The normalized spacial score (nSPS) is 10.9. The van der Waals surface area contributed by atoms with E-state index in [-0.39, 0.29) is 41.2 Å². The van der Waals surface area contributed by atoms with Crippen LogP contribution in [-0.2, 0) is 0 Å². The van der Waals surface area contributed by atoms with Gasteiger partial charge in [-0.25, -0.2) is 0 Å². The molecular formula is C15H11O6+. The van der Waals surface area contributed by atoms with Crippen molar-refractivity contribution in [1.82, 2.24) is 0 Å². The molecule has 3 rings (SSSR count). The van der Waals surface area contributed by atoms with Crippen molar-refractivity contribution in [3.8, 4) is 34.3 Å². The molecular weight excluding hydrogens is 276 g/mol. The topological polar surface area (TPSA) is 111 Å². The third kappa shape index (κ3) is 2.12. The maximum atomic E-state index is 12.0. The Labute approximate surface area is 119 Å². The summed E-state index contributed by atoms with van der Waals surface area (Å²) in [5.74, 6) is -1.13. The third-order valence-electron chi connectivity index (χ3n) is 3.05. The van der Waals surface area contributed by atoms with Crippen LogP contribution in [-0.4, -0.2) is 20.4 Å². The van der Waals surface area contributed by atoms with Crippen molar-refractivity contribution < 1.29 is 26.3 Å². The molecule has 1 heterocycles. The van der Waals surface area contributed by atoms with Crippen LogP contribution in [0, 0.1) is 0 Å². The van der Waals surface area contributed by atoms with Crippen LogP contribution in [0.15, 0.2) is 45.6 Å². The Balaban J connectivity index is 0.00000176. The SMILES string of the molecule is O=c1cc(-c2ccc(O)c(O)c2)oc2cc(O)cc(O)c12.[H+]. The molecule has 1 aromatic heterocycles. The summed E-state index contributed by atoms with van der Waals surface area (Å²) >= 11 is 0. The zero-order chi connectivity index (χ0) is 15.1. The number of benzene rings is 2. The fraction of sp³-hybridized carbons (Fsp3) is 0. The number of phenolic OH excluding ortho intramolecular Hbond substituents is 4. The monoisotopic (exact) mass is 287 g/mol. The molecule has 0 amide bonds. The van der Waals surface area contributed by atoms with Gasteiger partial charge >= 0.3 is 1.43 Å². The number of aromatic hydroxyl groups is 4. The molecule has 0 aliphatic carbocycles. The van der Waals surface area contributed by atoms with E-state index in [0.29, 0.717) is 5.56 Å². The summed E-state index contributed by atoms with van der Waals surface area (Å²) in [5, 5.41) is 37.9. The highest BCUT2D eigenvalue weighted by Crippen LogP contribution is 2.33. The van der Waals surface area contributed by atoms with Crippen LogP contribution in [0.2, 0.25) is 0 Å². The Kier molecular flexibility index (Phi) is 2.72. The van der Waals surface area contributed by atoms with Crippen molar-refractivity contribution in [2.24, 2.45) is 0 Å². The number of fused-ring (bicyclic) bond motifs is 1. The Morgan fingerprint density at radius 3 is 2.33 bits per heavy atom. The summed E-state index contributed by atoms with van der Waals surface area (Å²) in [7, 11) is 0. The van der Waals surface area contributed by atoms with Crippen molar-refractivity contribution in [2.75, 3.05) is 0 Å². The number of hydrogen-bond acceptors (Lipinski definition) is 6. The fourth-order valence-corrected chi connectivity index (χ4v) is 2.07. The van der Waals surface area contributed by atoms with Crippen LogP contribution >= 0.6 is 0 Å². The summed E-state index contributed by atoms with van der Waals surface area (Å²) < 4.78 is 5.47. The molecule has 3 aromatic rings. The first-order chi connectivity index (χ1) is 9.95. The Bertz CT molecular complexity index is 916. The largest absolute Gasteiger partial charge is 1.00 e. The first-order valence-corrected chi connectivity index (χ1v) is 5.98. The van der Waals surface area contributed by atoms with E-state index in [0.717, 1.165) is 12.1 Å². The molecule has 2 aromatic carbocycles. The summed E-state index contributed by atoms with van der Waals surface area (Å²) in [6.07, 6.45) is 0. The number of rotatable bonds is 1. The van der Waals surface area contributed by atoms with Gasteiger partial charge in [-0.2, -0.15) is 0 Å². The van der Waals surface area contributed by atoms with Gasteiger partial charge in [0.2, 0.25) is 0 Å². The molecule has 21 heavy (non-hydrogen) atoms. The summed E-state index contributed by atoms with van der Waals surface area (Å²) in [5.41, 5.74) is -0.106. The predicted octanol–water partition coefficient (Wildman–Crippen LogP) is 2.39. The van der Waals surface area contributed by atoms with E-state index in [1.165, 1.54) is 24.3 Å². The average molecular weight is 287 g/mol. The highest BCUT2D eigenvalue weighted by molar-refractivity contribution is 5.86. The van der Waals surface area contributed by atoms with E-state index < -0.39 is 5.43 Å². The molecule has 6 heteroatoms. The molecule has 0 spiro atoms. The Morgan fingerprint density at radius 2 is 1.62 bits per heavy atom. The summed E-state index contributed by atoms with van der Waals surface area (Å²) in [4.78, 5) is 12.0. The van der Waals surface area contributed by atoms with E-state index in [4.69, 9.17) is 4.42 Å². The lowest BCUT2D eigenvalue weighted by Crippen LogP contribution is -2.00. The van der Waals surface area contributed by atoms with Gasteiger partial charge in [0.1, 0.15) is 28.2 Å². The lowest BCUT2D eigenvalue weighted by molar-refractivity contribution is 0.404. The van der Waals surface area contributed by atoms with Crippen LogP contribution in [0.25, 0.3) is 22.3 Å². The number of phenols is 4. The molecule has 0 aliphatic heterocycles. The average Bonchev–Trinajstić information content (AvgIpc) is 2.40. The van der Waals surface area contributed by atoms with E-state index in [1.54, 1.807) is 0 Å². The predicted molar refractivity (Wildman–Crippen MR) is 75.7 cm³/mol. The maximum absolute atomic E-state index is 12.0. The van der Waals surface area contributed by atoms with Crippen LogP contribution in [0.3, 0.4) is 0 Å². The Hall–Kier alpha value is -3.15. The molecule has 6 nitrogen and oxygen atoms in total. The van der Waals surface area contributed by atoms with E-state index >= 15 is 0 Å². The van der Waals surface area contributed by atoms with Crippen LogP contribution in [0.4, 0.5) is 0 Å². The standard InChI is InChI=1S/C15H10O6/c16-8-4-11(19)15-12(20)6-13(21-14(15)5-8)7-1-2-9(17)10(18)3-7/h1-6,16-19H/p+1. The van der Waals surface area contributed by atoms with E-state index in [2.05, 4.69) is 0 Å². The lowest BCUT2D eigenvalue weighted by Gasteiger charge is -2.06. The van der Waals surface area contributed by atoms with Crippen molar-refractivity contribution in [3.05, 3.63) is 46.6 Å². The minimum atomic E-state index is -0.490. The van der Waals surface area contributed by atoms with Crippen molar-refractivity contribution in [3.63, 3.8) is 0 Å². The minimum absolute atomic E-state index is 0. The van der Waals surface area contributed by atoms with Gasteiger partial charge in [0.15, 0.2) is 16.9 Å². The molecule has 0 fully saturated rings. The zero-order valence-electron chi connectivity index (χ0n) is 11.6. The molecule has 0 radical (unpaired) electrons. The molecule has 0 saturated heterocycles. The van der Waals surface area contributed by atoms with Gasteiger partial charge in [-0.3, -0.25) is 4.79 Å².